The lowest BCUT2D eigenvalue weighted by atomic mass is 9.89. The van der Waals surface area contributed by atoms with Crippen molar-refractivity contribution < 1.29 is 52.7 Å². The quantitative estimate of drug-likeness (QED) is 0.0736. The number of carbonyl (C=O) groups excluding carboxylic acids is 1. The zero-order valence-corrected chi connectivity index (χ0v) is 23.2. The molecule has 230 valence electrons. The number of thioether (sulfide) groups is 1. The number of unbranched alkanes of at least 4 members (excludes halogenated alkanes) is 1. The average Bonchev–Trinajstić information content (AvgIpc) is 3.18. The number of allylic oxidation sites excluding steroid dienone is 2. The van der Waals surface area contributed by atoms with Gasteiger partial charge in [0.15, 0.2) is 0 Å². The van der Waals surface area contributed by atoms with Crippen LogP contribution in [0.25, 0.3) is 0 Å². The Morgan fingerprint density at radius 1 is 1.20 bits per heavy atom. The van der Waals surface area contributed by atoms with Gasteiger partial charge in [0.25, 0.3) is 5.09 Å². The molecule has 5 atom stereocenters. The van der Waals surface area contributed by atoms with Crippen LogP contribution in [0.3, 0.4) is 0 Å². The van der Waals surface area contributed by atoms with E-state index in [2.05, 4.69) is 4.84 Å². The first-order chi connectivity index (χ1) is 19.5. The number of esters is 1. The summed E-state index contributed by atoms with van der Waals surface area (Å²) < 4.78 is 48.9. The summed E-state index contributed by atoms with van der Waals surface area (Å²) in [6.45, 7) is -0.0935. The number of ether oxygens (including phenoxy) is 2. The Hall–Kier alpha value is -2.81. The van der Waals surface area contributed by atoms with Crippen LogP contribution in [-0.4, -0.2) is 76.0 Å². The first-order valence-electron chi connectivity index (χ1n) is 13.2. The Labute approximate surface area is 240 Å². The summed E-state index contributed by atoms with van der Waals surface area (Å²) in [7, 11) is 0. The second-order valence-corrected chi connectivity index (χ2v) is 10.6. The zero-order chi connectivity index (χ0) is 30.3. The van der Waals surface area contributed by atoms with E-state index in [9.17, 15) is 43.4 Å². The predicted molar refractivity (Wildman–Crippen MR) is 145 cm³/mol. The number of alkyl halides is 3. The molecule has 1 aliphatic carbocycles. The van der Waals surface area contributed by atoms with Crippen LogP contribution >= 0.6 is 11.8 Å². The molecule has 0 unspecified atom stereocenters. The first kappa shape index (κ1) is 34.4. The van der Waals surface area contributed by atoms with Gasteiger partial charge in [-0.15, -0.1) is 10.1 Å². The summed E-state index contributed by atoms with van der Waals surface area (Å²) in [5.74, 6) is -0.167. The fourth-order valence-corrected chi connectivity index (χ4v) is 4.85. The van der Waals surface area contributed by atoms with E-state index in [1.54, 1.807) is 6.08 Å². The van der Waals surface area contributed by atoms with Crippen molar-refractivity contribution >= 4 is 17.7 Å². The number of aliphatic hydroxyl groups excluding tert-OH is 3. The van der Waals surface area contributed by atoms with Gasteiger partial charge in [0.05, 0.1) is 17.8 Å². The predicted octanol–water partition coefficient (Wildman–Crippen LogP) is 3.96. The van der Waals surface area contributed by atoms with Gasteiger partial charge in [0.1, 0.15) is 31.7 Å². The maximum Gasteiger partial charge on any atom is 0.416 e. The molecule has 1 aromatic carbocycles. The van der Waals surface area contributed by atoms with E-state index in [1.807, 2.05) is 12.2 Å². The first-order valence-corrected chi connectivity index (χ1v) is 14.3. The number of hydrogen-bond donors (Lipinski definition) is 3. The lowest BCUT2D eigenvalue weighted by Gasteiger charge is -2.19. The van der Waals surface area contributed by atoms with Crippen molar-refractivity contribution in [1.29, 1.82) is 0 Å². The second kappa shape index (κ2) is 17.9. The minimum absolute atomic E-state index is 0.0187. The number of hydrogen-bond acceptors (Lipinski definition) is 10. The van der Waals surface area contributed by atoms with E-state index in [4.69, 9.17) is 9.47 Å². The monoisotopic (exact) mass is 607 g/mol. The summed E-state index contributed by atoms with van der Waals surface area (Å²) in [5, 5.41) is 40.1. The van der Waals surface area contributed by atoms with Crippen molar-refractivity contribution in [3.63, 3.8) is 0 Å². The lowest BCUT2D eigenvalue weighted by molar-refractivity contribution is -0.756. The topological polar surface area (TPSA) is 149 Å². The van der Waals surface area contributed by atoms with Gasteiger partial charge in [-0.2, -0.15) is 24.9 Å². The minimum Gasteiger partial charge on any atom is -0.491 e. The number of carbonyl (C=O) groups is 1. The fourth-order valence-electron chi connectivity index (χ4n) is 4.26. The van der Waals surface area contributed by atoms with Gasteiger partial charge in [-0.3, -0.25) is 4.79 Å². The van der Waals surface area contributed by atoms with Gasteiger partial charge >= 0.3 is 12.1 Å². The smallest absolute Gasteiger partial charge is 0.416 e. The number of nitrogens with zero attached hydrogens (tertiary/aromatic N) is 1. The number of rotatable bonds is 18. The molecule has 1 saturated carbocycles. The minimum atomic E-state index is -4.51. The molecule has 14 heteroatoms. The molecule has 0 heterocycles. The molecule has 41 heavy (non-hydrogen) atoms. The molecule has 0 amide bonds. The lowest BCUT2D eigenvalue weighted by Crippen LogP contribution is -2.21. The van der Waals surface area contributed by atoms with Crippen LogP contribution in [0.5, 0.6) is 5.75 Å². The third-order valence-corrected chi connectivity index (χ3v) is 7.21. The van der Waals surface area contributed by atoms with Gasteiger partial charge < -0.3 is 29.6 Å². The Balaban J connectivity index is 1.68. The zero-order valence-electron chi connectivity index (χ0n) is 22.4. The standard InChI is InChI=1S/C27H36F3NO9S/c28-27(29,30)19-6-5-7-21(16-19)39-18-20(32)10-11-23-22(24(33)17-25(23)34)8-3-1-2-4-9-26(35)38-12-14-41-15-13-40-31(36)37/h1,3,5-7,10-11,16,20,22-25,32-34H,2,4,8-9,12-15,17-18H2/t20-,22-,23-,24+,25-/m1/s1. The van der Waals surface area contributed by atoms with Crippen molar-refractivity contribution in [2.75, 3.05) is 31.3 Å². The molecule has 1 fully saturated rings. The Morgan fingerprint density at radius 2 is 1.95 bits per heavy atom. The molecule has 0 aromatic heterocycles. The highest BCUT2D eigenvalue weighted by molar-refractivity contribution is 7.99. The van der Waals surface area contributed by atoms with Crippen LogP contribution in [-0.2, 0) is 20.5 Å². The molecular weight excluding hydrogens is 571 g/mol. The third-order valence-electron chi connectivity index (χ3n) is 6.30. The highest BCUT2D eigenvalue weighted by Crippen LogP contribution is 2.36. The highest BCUT2D eigenvalue weighted by Gasteiger charge is 2.39. The van der Waals surface area contributed by atoms with Crippen LogP contribution in [0.1, 0.15) is 37.7 Å². The van der Waals surface area contributed by atoms with E-state index in [0.29, 0.717) is 30.8 Å². The van der Waals surface area contributed by atoms with E-state index in [1.165, 1.54) is 30.0 Å². The van der Waals surface area contributed by atoms with Gasteiger partial charge in [-0.1, -0.05) is 30.4 Å². The second-order valence-electron chi connectivity index (χ2n) is 9.39. The van der Waals surface area contributed by atoms with Crippen molar-refractivity contribution in [2.24, 2.45) is 11.8 Å². The van der Waals surface area contributed by atoms with Gasteiger partial charge in [0.2, 0.25) is 0 Å². The van der Waals surface area contributed by atoms with Crippen LogP contribution in [0.4, 0.5) is 13.2 Å². The largest absolute Gasteiger partial charge is 0.491 e. The average molecular weight is 608 g/mol. The maximum atomic E-state index is 12.8. The molecule has 2 rings (SSSR count). The van der Waals surface area contributed by atoms with Crippen molar-refractivity contribution in [1.82, 2.24) is 0 Å². The normalized spacial score (nSPS) is 21.8. The van der Waals surface area contributed by atoms with Crippen molar-refractivity contribution in [3.8, 4) is 5.75 Å². The van der Waals surface area contributed by atoms with E-state index < -0.39 is 41.1 Å². The van der Waals surface area contributed by atoms with Crippen LogP contribution in [0.2, 0.25) is 0 Å². The molecule has 1 aromatic rings. The molecule has 1 aliphatic rings. The molecule has 0 radical (unpaired) electrons. The van der Waals surface area contributed by atoms with E-state index >= 15 is 0 Å². The SMILES string of the molecule is O=C(CCCC=CC[C@@H]1[C@@H](C=C[C@@H](O)COc2cccc(C(F)(F)F)c2)[C@H](O)C[C@@H]1O)OCCSCCO[N+](=O)[O-]. The van der Waals surface area contributed by atoms with E-state index in [-0.39, 0.29) is 50.3 Å². The van der Waals surface area contributed by atoms with Crippen molar-refractivity contribution in [3.05, 3.63) is 64.2 Å². The molecule has 0 saturated heterocycles. The Kier molecular flexibility index (Phi) is 15.0. The third kappa shape index (κ3) is 13.6. The fraction of sp³-hybridized carbons (Fsp3) is 0.593. The number of benzene rings is 1. The molecule has 3 N–H and O–H groups in total. The summed E-state index contributed by atoms with van der Waals surface area (Å²) in [4.78, 5) is 26.0. The van der Waals surface area contributed by atoms with Gasteiger partial charge in [0, 0.05) is 30.3 Å². The van der Waals surface area contributed by atoms with Gasteiger partial charge in [-0.05, 0) is 43.4 Å². The van der Waals surface area contributed by atoms with Crippen molar-refractivity contribution in [2.45, 2.75) is 56.6 Å². The summed E-state index contributed by atoms with van der Waals surface area (Å²) in [5.41, 5.74) is -0.856. The van der Waals surface area contributed by atoms with Crippen LogP contribution in [0.15, 0.2) is 48.6 Å². The van der Waals surface area contributed by atoms with Crippen LogP contribution in [0, 0.1) is 22.0 Å². The molecule has 0 bridgehead atoms. The van der Waals surface area contributed by atoms with E-state index in [0.717, 1.165) is 12.1 Å². The Morgan fingerprint density at radius 3 is 2.68 bits per heavy atom. The Bertz CT molecular complexity index is 1010. The summed E-state index contributed by atoms with van der Waals surface area (Å²) in [6.07, 6.45) is 1.61. The van der Waals surface area contributed by atoms with Crippen LogP contribution < -0.4 is 4.74 Å². The summed E-state index contributed by atoms with van der Waals surface area (Å²) >= 11 is 1.38. The van der Waals surface area contributed by atoms with Gasteiger partial charge in [-0.25, -0.2) is 0 Å². The molecular formula is C27H36F3NO9S. The summed E-state index contributed by atoms with van der Waals surface area (Å²) in [6, 6.07) is 4.34. The maximum absolute atomic E-state index is 12.8. The molecule has 10 nitrogen and oxygen atoms in total. The highest BCUT2D eigenvalue weighted by atomic mass is 32.2. The number of aliphatic hydroxyl groups is 3. The molecule has 0 aliphatic heterocycles. The molecule has 0 spiro atoms. The number of halogens is 3.